The number of carbonyl (C=O) groups is 1. The van der Waals surface area contributed by atoms with E-state index in [0.717, 1.165) is 11.3 Å². The minimum atomic E-state index is -3.42. The topological polar surface area (TPSA) is 96.4 Å². The van der Waals surface area contributed by atoms with Gasteiger partial charge in [0.1, 0.15) is 0 Å². The Hall–Kier alpha value is -1.67. The maximum absolute atomic E-state index is 11.9. The third-order valence-electron chi connectivity index (χ3n) is 2.84. The van der Waals surface area contributed by atoms with Gasteiger partial charge in [-0.3, -0.25) is 4.72 Å². The number of carboxylic acids is 1. The van der Waals surface area contributed by atoms with Gasteiger partial charge >= 0.3 is 5.97 Å². The molecule has 0 radical (unpaired) electrons. The van der Waals surface area contributed by atoms with Crippen LogP contribution >= 0.6 is 11.3 Å². The highest BCUT2D eigenvalue weighted by molar-refractivity contribution is 7.92. The van der Waals surface area contributed by atoms with E-state index in [1.165, 1.54) is 12.1 Å². The van der Waals surface area contributed by atoms with Crippen LogP contribution in [0.25, 0.3) is 10.2 Å². The molecule has 114 valence electrons. The standard InChI is InChI=1S/C13H16N2O4S2/c1-8(2)5-6-21(18,19)15-13-14-10-4-3-9(12(16)17)7-11(10)20-13/h3-4,7-8H,5-6H2,1-2H3,(H,14,15)(H,16,17). The first kappa shape index (κ1) is 15.7. The molecule has 0 aliphatic carbocycles. The molecule has 0 unspecified atom stereocenters. The van der Waals surface area contributed by atoms with Gasteiger partial charge in [-0.2, -0.15) is 0 Å². The van der Waals surface area contributed by atoms with Crippen molar-refractivity contribution in [3.05, 3.63) is 23.8 Å². The molecular weight excluding hydrogens is 312 g/mol. The first-order valence-corrected chi connectivity index (χ1v) is 8.88. The Morgan fingerprint density at radius 2 is 2.14 bits per heavy atom. The summed E-state index contributed by atoms with van der Waals surface area (Å²) in [6.07, 6.45) is 0.573. The van der Waals surface area contributed by atoms with Crippen LogP contribution < -0.4 is 4.72 Å². The van der Waals surface area contributed by atoms with E-state index in [4.69, 9.17) is 5.11 Å². The molecule has 6 nitrogen and oxygen atoms in total. The van der Waals surface area contributed by atoms with Crippen LogP contribution in [0.5, 0.6) is 0 Å². The van der Waals surface area contributed by atoms with Crippen LogP contribution in [0.4, 0.5) is 5.13 Å². The van der Waals surface area contributed by atoms with Crippen LogP contribution in [0.15, 0.2) is 18.2 Å². The number of aromatic carboxylic acids is 1. The number of aromatic nitrogens is 1. The molecule has 0 saturated carbocycles. The van der Waals surface area contributed by atoms with Gasteiger partial charge in [-0.05, 0) is 30.5 Å². The second kappa shape index (κ2) is 5.98. The van der Waals surface area contributed by atoms with Gasteiger partial charge in [0.15, 0.2) is 5.13 Å². The fourth-order valence-corrected chi connectivity index (χ4v) is 4.18. The molecule has 1 heterocycles. The maximum Gasteiger partial charge on any atom is 0.335 e. The number of nitrogens with one attached hydrogen (secondary N) is 1. The third kappa shape index (κ3) is 4.15. The number of benzene rings is 1. The summed E-state index contributed by atoms with van der Waals surface area (Å²) in [5, 5.41) is 9.19. The summed E-state index contributed by atoms with van der Waals surface area (Å²) in [5.74, 6) is -0.680. The predicted molar refractivity (Wildman–Crippen MR) is 83.4 cm³/mol. The molecule has 2 aromatic rings. The Labute approximate surface area is 126 Å². The number of rotatable bonds is 6. The van der Waals surface area contributed by atoms with Gasteiger partial charge in [0, 0.05) is 0 Å². The van der Waals surface area contributed by atoms with Crippen molar-refractivity contribution in [2.24, 2.45) is 5.92 Å². The highest BCUT2D eigenvalue weighted by Gasteiger charge is 2.15. The average molecular weight is 328 g/mol. The Bertz CT molecular complexity index is 766. The first-order valence-electron chi connectivity index (χ1n) is 6.41. The van der Waals surface area contributed by atoms with E-state index in [0.29, 0.717) is 22.6 Å². The SMILES string of the molecule is CC(C)CCS(=O)(=O)Nc1nc2ccc(C(=O)O)cc2s1. The zero-order valence-corrected chi connectivity index (χ0v) is 13.3. The smallest absolute Gasteiger partial charge is 0.335 e. The van der Waals surface area contributed by atoms with E-state index >= 15 is 0 Å². The number of carboxylic acid groups (broad SMARTS) is 1. The minimum Gasteiger partial charge on any atom is -0.478 e. The Morgan fingerprint density at radius 1 is 1.43 bits per heavy atom. The van der Waals surface area contributed by atoms with Crippen molar-refractivity contribution < 1.29 is 18.3 Å². The number of fused-ring (bicyclic) bond motifs is 1. The summed E-state index contributed by atoms with van der Waals surface area (Å²) in [7, 11) is -3.42. The normalized spacial score (nSPS) is 12.0. The number of hydrogen-bond donors (Lipinski definition) is 2. The van der Waals surface area contributed by atoms with Crippen LogP contribution in [-0.2, 0) is 10.0 Å². The van der Waals surface area contributed by atoms with Crippen molar-refractivity contribution in [3.8, 4) is 0 Å². The molecule has 0 amide bonds. The van der Waals surface area contributed by atoms with Crippen LogP contribution in [0, 0.1) is 5.92 Å². The number of nitrogens with zero attached hydrogens (tertiary/aromatic N) is 1. The lowest BCUT2D eigenvalue weighted by molar-refractivity contribution is 0.0697. The second-order valence-corrected chi connectivity index (χ2v) is 7.98. The van der Waals surface area contributed by atoms with Crippen LogP contribution in [0.2, 0.25) is 0 Å². The average Bonchev–Trinajstić information content (AvgIpc) is 2.76. The lowest BCUT2D eigenvalue weighted by Crippen LogP contribution is -2.17. The molecule has 21 heavy (non-hydrogen) atoms. The molecule has 2 rings (SSSR count). The van der Waals surface area contributed by atoms with Gasteiger partial charge in [0.25, 0.3) is 0 Å². The first-order chi connectivity index (χ1) is 9.77. The van der Waals surface area contributed by atoms with Crippen LogP contribution in [0.1, 0.15) is 30.6 Å². The molecule has 0 bridgehead atoms. The minimum absolute atomic E-state index is 0.0426. The summed E-state index contributed by atoms with van der Waals surface area (Å²) < 4.78 is 26.9. The summed E-state index contributed by atoms with van der Waals surface area (Å²) >= 11 is 1.13. The summed E-state index contributed by atoms with van der Waals surface area (Å²) in [4.78, 5) is 15.1. The molecule has 0 aliphatic rings. The predicted octanol–water partition coefficient (Wildman–Crippen LogP) is 2.78. The maximum atomic E-state index is 11.9. The van der Waals surface area contributed by atoms with E-state index in [1.807, 2.05) is 13.8 Å². The molecular formula is C13H16N2O4S2. The van der Waals surface area contributed by atoms with E-state index < -0.39 is 16.0 Å². The third-order valence-corrected chi connectivity index (χ3v) is 5.18. The number of thiazole rings is 1. The van der Waals surface area contributed by atoms with E-state index in [2.05, 4.69) is 9.71 Å². The van der Waals surface area contributed by atoms with E-state index in [1.54, 1.807) is 6.07 Å². The fourth-order valence-electron chi connectivity index (χ4n) is 1.68. The van der Waals surface area contributed by atoms with Crippen molar-refractivity contribution in [1.82, 2.24) is 4.98 Å². The van der Waals surface area contributed by atoms with Gasteiger partial charge < -0.3 is 5.11 Å². The summed E-state index contributed by atoms with van der Waals surface area (Å²) in [5.41, 5.74) is 0.729. The number of hydrogen-bond acceptors (Lipinski definition) is 5. The van der Waals surface area contributed by atoms with Crippen molar-refractivity contribution in [2.75, 3.05) is 10.5 Å². The molecule has 1 aromatic heterocycles. The molecule has 0 saturated heterocycles. The van der Waals surface area contributed by atoms with E-state index in [-0.39, 0.29) is 16.4 Å². The monoisotopic (exact) mass is 328 g/mol. The van der Waals surface area contributed by atoms with Crippen molar-refractivity contribution >= 4 is 42.7 Å². The van der Waals surface area contributed by atoms with Gasteiger partial charge in [-0.15, -0.1) is 0 Å². The molecule has 1 aromatic carbocycles. The summed E-state index contributed by atoms with van der Waals surface area (Å²) in [6.45, 7) is 3.92. The lowest BCUT2D eigenvalue weighted by Gasteiger charge is -2.06. The van der Waals surface area contributed by atoms with Crippen molar-refractivity contribution in [2.45, 2.75) is 20.3 Å². The number of sulfonamides is 1. The fraction of sp³-hybridized carbons (Fsp3) is 0.385. The Balaban J connectivity index is 2.21. The molecule has 2 N–H and O–H groups in total. The van der Waals surface area contributed by atoms with Crippen molar-refractivity contribution in [1.29, 1.82) is 0 Å². The lowest BCUT2D eigenvalue weighted by atomic mass is 10.2. The van der Waals surface area contributed by atoms with Crippen LogP contribution in [-0.4, -0.2) is 30.2 Å². The summed E-state index contributed by atoms with van der Waals surface area (Å²) in [6, 6.07) is 4.50. The Morgan fingerprint density at radius 3 is 2.76 bits per heavy atom. The number of anilines is 1. The highest BCUT2D eigenvalue weighted by Crippen LogP contribution is 2.27. The zero-order valence-electron chi connectivity index (χ0n) is 11.7. The van der Waals surface area contributed by atoms with Gasteiger partial charge in [0.2, 0.25) is 10.0 Å². The molecule has 8 heteroatoms. The van der Waals surface area contributed by atoms with Gasteiger partial charge in [0.05, 0.1) is 21.5 Å². The largest absolute Gasteiger partial charge is 0.478 e. The molecule has 0 aliphatic heterocycles. The molecule has 0 fully saturated rings. The quantitative estimate of drug-likeness (QED) is 0.850. The zero-order chi connectivity index (χ0) is 15.6. The Kier molecular flexibility index (Phi) is 4.48. The molecule has 0 spiro atoms. The van der Waals surface area contributed by atoms with Gasteiger partial charge in [-0.25, -0.2) is 18.2 Å². The van der Waals surface area contributed by atoms with Crippen molar-refractivity contribution in [3.63, 3.8) is 0 Å². The second-order valence-electron chi connectivity index (χ2n) is 5.11. The molecule has 0 atom stereocenters. The highest BCUT2D eigenvalue weighted by atomic mass is 32.2. The van der Waals surface area contributed by atoms with E-state index in [9.17, 15) is 13.2 Å². The van der Waals surface area contributed by atoms with Crippen LogP contribution in [0.3, 0.4) is 0 Å². The van der Waals surface area contributed by atoms with Gasteiger partial charge in [-0.1, -0.05) is 25.2 Å².